The molecule has 5 aromatic rings. The van der Waals surface area contributed by atoms with Gasteiger partial charge in [-0.1, -0.05) is 97.1 Å². The van der Waals surface area contributed by atoms with Crippen LogP contribution in [0.5, 0.6) is 0 Å². The van der Waals surface area contributed by atoms with E-state index in [9.17, 15) is 0 Å². The van der Waals surface area contributed by atoms with Crippen molar-refractivity contribution in [3.63, 3.8) is 0 Å². The molecule has 0 bridgehead atoms. The molecule has 0 fully saturated rings. The third-order valence-electron chi connectivity index (χ3n) is 5.87. The largest absolute Gasteiger partial charge is 0.0622 e. The molecule has 0 heterocycles. The Morgan fingerprint density at radius 1 is 0.444 bits per heavy atom. The van der Waals surface area contributed by atoms with Crippen LogP contribution in [0.15, 0.2) is 97.1 Å². The van der Waals surface area contributed by atoms with Gasteiger partial charge >= 0.3 is 0 Å². The summed E-state index contributed by atoms with van der Waals surface area (Å²) in [5.74, 6) is 0. The highest BCUT2D eigenvalue weighted by Gasteiger charge is 2.25. The van der Waals surface area contributed by atoms with Crippen molar-refractivity contribution in [2.24, 2.45) is 0 Å². The van der Waals surface area contributed by atoms with E-state index in [0.717, 1.165) is 6.42 Å². The van der Waals surface area contributed by atoms with Crippen LogP contribution >= 0.6 is 0 Å². The summed E-state index contributed by atoms with van der Waals surface area (Å²) in [7, 11) is 0. The first-order valence-corrected chi connectivity index (χ1v) is 9.52. The van der Waals surface area contributed by atoms with Crippen molar-refractivity contribution in [2.45, 2.75) is 6.42 Å². The molecule has 0 N–H and O–H groups in total. The maximum atomic E-state index is 2.30. The topological polar surface area (TPSA) is 0 Å². The Morgan fingerprint density at radius 2 is 1.07 bits per heavy atom. The van der Waals surface area contributed by atoms with Crippen LogP contribution in [0.1, 0.15) is 11.1 Å². The van der Waals surface area contributed by atoms with E-state index in [2.05, 4.69) is 97.1 Å². The molecule has 27 heavy (non-hydrogen) atoms. The molecule has 0 unspecified atom stereocenters. The molecule has 1 aliphatic rings. The van der Waals surface area contributed by atoms with Crippen LogP contribution in [0.2, 0.25) is 0 Å². The minimum absolute atomic E-state index is 0.956. The van der Waals surface area contributed by atoms with Crippen molar-refractivity contribution in [2.75, 3.05) is 0 Å². The van der Waals surface area contributed by atoms with Crippen LogP contribution < -0.4 is 0 Å². The quantitative estimate of drug-likeness (QED) is 0.291. The minimum Gasteiger partial charge on any atom is -0.0622 e. The van der Waals surface area contributed by atoms with Gasteiger partial charge in [0.15, 0.2) is 0 Å². The molecule has 0 aliphatic heterocycles. The Balaban J connectivity index is 1.78. The zero-order valence-corrected chi connectivity index (χ0v) is 14.9. The average molecular weight is 342 g/mol. The summed E-state index contributed by atoms with van der Waals surface area (Å²) in [5, 5.41) is 5.55. The van der Waals surface area contributed by atoms with E-state index in [1.165, 1.54) is 54.9 Å². The lowest BCUT2D eigenvalue weighted by atomic mass is 9.88. The van der Waals surface area contributed by atoms with Crippen molar-refractivity contribution < 1.29 is 0 Å². The standard InChI is InChI=1S/C27H18/c1-2-9-18(10-3-1)17-25-20-12-5-7-14-22(20)26-21-13-6-4-11-19(21)23-15-8-16-24(25)27(23)26/h1-16H,17H2. The van der Waals surface area contributed by atoms with E-state index in [4.69, 9.17) is 0 Å². The molecule has 1 aliphatic carbocycles. The van der Waals surface area contributed by atoms with E-state index in [-0.39, 0.29) is 0 Å². The Hall–Kier alpha value is -3.38. The second kappa shape index (κ2) is 5.56. The van der Waals surface area contributed by atoms with Gasteiger partial charge in [0.25, 0.3) is 0 Å². The van der Waals surface area contributed by atoms with Gasteiger partial charge in [-0.05, 0) is 61.3 Å². The minimum atomic E-state index is 0.956. The number of hydrogen-bond donors (Lipinski definition) is 0. The lowest BCUT2D eigenvalue weighted by Crippen LogP contribution is -1.94. The molecule has 0 spiro atoms. The number of hydrogen-bond acceptors (Lipinski definition) is 0. The SMILES string of the molecule is c1ccc(Cc2c3ccccc3c3c4c(cccc24)-c2ccccc2-3)cc1. The van der Waals surface area contributed by atoms with Crippen LogP contribution in [0.25, 0.3) is 43.8 Å². The normalized spacial score (nSPS) is 11.9. The molecule has 0 radical (unpaired) electrons. The summed E-state index contributed by atoms with van der Waals surface area (Å²) in [5.41, 5.74) is 8.30. The highest BCUT2D eigenvalue weighted by Crippen LogP contribution is 2.51. The van der Waals surface area contributed by atoms with E-state index in [1.807, 2.05) is 0 Å². The predicted molar refractivity (Wildman–Crippen MR) is 115 cm³/mol. The van der Waals surface area contributed by atoms with Gasteiger partial charge in [0.2, 0.25) is 0 Å². The van der Waals surface area contributed by atoms with Crippen LogP contribution in [-0.2, 0) is 6.42 Å². The van der Waals surface area contributed by atoms with Gasteiger partial charge in [0.05, 0.1) is 0 Å². The summed E-state index contributed by atoms with van der Waals surface area (Å²) in [6.07, 6.45) is 0.956. The molecule has 0 aromatic heterocycles. The fourth-order valence-electron chi connectivity index (χ4n) is 4.75. The summed E-state index contributed by atoms with van der Waals surface area (Å²) >= 11 is 0. The zero-order valence-electron chi connectivity index (χ0n) is 14.9. The fourth-order valence-corrected chi connectivity index (χ4v) is 4.75. The molecular weight excluding hydrogens is 324 g/mol. The molecule has 126 valence electrons. The maximum Gasteiger partial charge on any atom is -0.00134 e. The Morgan fingerprint density at radius 3 is 1.93 bits per heavy atom. The lowest BCUT2D eigenvalue weighted by Gasteiger charge is -2.15. The van der Waals surface area contributed by atoms with Gasteiger partial charge in [0.1, 0.15) is 0 Å². The molecule has 0 atom stereocenters. The highest BCUT2D eigenvalue weighted by atomic mass is 14.3. The van der Waals surface area contributed by atoms with Gasteiger partial charge < -0.3 is 0 Å². The van der Waals surface area contributed by atoms with Crippen molar-refractivity contribution in [3.8, 4) is 22.3 Å². The van der Waals surface area contributed by atoms with Crippen LogP contribution in [0.4, 0.5) is 0 Å². The van der Waals surface area contributed by atoms with Gasteiger partial charge in [-0.3, -0.25) is 0 Å². The van der Waals surface area contributed by atoms with Crippen molar-refractivity contribution >= 4 is 21.5 Å². The molecule has 0 nitrogen and oxygen atoms in total. The summed E-state index contributed by atoms with van der Waals surface area (Å²) in [6.45, 7) is 0. The van der Waals surface area contributed by atoms with Crippen LogP contribution in [0, 0.1) is 0 Å². The Labute approximate surface area is 158 Å². The Bertz CT molecular complexity index is 1330. The lowest BCUT2D eigenvalue weighted by molar-refractivity contribution is 1.23. The molecule has 6 rings (SSSR count). The van der Waals surface area contributed by atoms with Gasteiger partial charge in [-0.15, -0.1) is 0 Å². The van der Waals surface area contributed by atoms with Crippen LogP contribution in [0.3, 0.4) is 0 Å². The van der Waals surface area contributed by atoms with E-state index in [1.54, 1.807) is 0 Å². The smallest absolute Gasteiger partial charge is 0.00134 e. The van der Waals surface area contributed by atoms with Gasteiger partial charge in [-0.2, -0.15) is 0 Å². The molecule has 0 saturated carbocycles. The molecule has 0 heteroatoms. The van der Waals surface area contributed by atoms with Crippen molar-refractivity contribution in [1.82, 2.24) is 0 Å². The summed E-state index contributed by atoms with van der Waals surface area (Å²) in [6, 6.07) is 35.4. The highest BCUT2D eigenvalue weighted by molar-refractivity contribution is 6.25. The average Bonchev–Trinajstić information content (AvgIpc) is 3.08. The first-order valence-electron chi connectivity index (χ1n) is 9.52. The van der Waals surface area contributed by atoms with E-state index in [0.29, 0.717) is 0 Å². The van der Waals surface area contributed by atoms with Crippen molar-refractivity contribution in [3.05, 3.63) is 108 Å². The molecule has 5 aromatic carbocycles. The predicted octanol–water partition coefficient (Wildman–Crippen LogP) is 7.23. The monoisotopic (exact) mass is 342 g/mol. The van der Waals surface area contributed by atoms with Crippen LogP contribution in [-0.4, -0.2) is 0 Å². The van der Waals surface area contributed by atoms with E-state index >= 15 is 0 Å². The summed E-state index contributed by atoms with van der Waals surface area (Å²) < 4.78 is 0. The Kier molecular flexibility index (Phi) is 3.04. The molecular formula is C27H18. The van der Waals surface area contributed by atoms with Gasteiger partial charge in [0, 0.05) is 0 Å². The van der Waals surface area contributed by atoms with E-state index < -0.39 is 0 Å². The number of fused-ring (bicyclic) bond motifs is 5. The molecule has 0 amide bonds. The number of benzene rings is 5. The second-order valence-electron chi connectivity index (χ2n) is 7.34. The first kappa shape index (κ1) is 14.8. The van der Waals surface area contributed by atoms with Gasteiger partial charge in [-0.25, -0.2) is 0 Å². The first-order chi connectivity index (χ1) is 13.4. The third-order valence-corrected chi connectivity index (χ3v) is 5.87. The number of rotatable bonds is 2. The second-order valence-corrected chi connectivity index (χ2v) is 7.34. The maximum absolute atomic E-state index is 2.30. The molecule has 0 saturated heterocycles. The van der Waals surface area contributed by atoms with Crippen molar-refractivity contribution in [1.29, 1.82) is 0 Å². The fraction of sp³-hybridized carbons (Fsp3) is 0.0370. The third kappa shape index (κ3) is 2.04. The zero-order chi connectivity index (χ0) is 17.8. The summed E-state index contributed by atoms with van der Waals surface area (Å²) in [4.78, 5) is 0.